The van der Waals surface area contributed by atoms with Gasteiger partial charge in [-0.25, -0.2) is 4.79 Å². The molecule has 2 unspecified atom stereocenters. The van der Waals surface area contributed by atoms with E-state index >= 15 is 0 Å². The van der Waals surface area contributed by atoms with Gasteiger partial charge < -0.3 is 11.1 Å². The van der Waals surface area contributed by atoms with Crippen LogP contribution in [0, 0.1) is 11.8 Å². The molecule has 0 aromatic carbocycles. The van der Waals surface area contributed by atoms with Gasteiger partial charge in [-0.15, -0.1) is 0 Å². The molecule has 5 heteroatoms. The molecule has 1 aliphatic heterocycles. The van der Waals surface area contributed by atoms with Crippen LogP contribution in [0.2, 0.25) is 0 Å². The van der Waals surface area contributed by atoms with Crippen molar-refractivity contribution in [2.24, 2.45) is 17.6 Å². The van der Waals surface area contributed by atoms with E-state index < -0.39 is 5.54 Å². The predicted octanol–water partition coefficient (Wildman–Crippen LogP) is 1.86. The van der Waals surface area contributed by atoms with Gasteiger partial charge in [0, 0.05) is 12.5 Å². The van der Waals surface area contributed by atoms with Gasteiger partial charge in [0.2, 0.25) is 0 Å². The van der Waals surface area contributed by atoms with Crippen molar-refractivity contribution in [1.82, 2.24) is 10.2 Å². The van der Waals surface area contributed by atoms with Crippen LogP contribution in [0.25, 0.3) is 0 Å². The summed E-state index contributed by atoms with van der Waals surface area (Å²) in [6, 6.07) is -0.223. The predicted molar refractivity (Wildman–Crippen MR) is 78.1 cm³/mol. The lowest BCUT2D eigenvalue weighted by molar-refractivity contribution is -0.134. The SMILES string of the molecule is CC(C)CCCN1C(=O)NC2(CCCCC2CN)C1=O. The van der Waals surface area contributed by atoms with Crippen LogP contribution in [0.1, 0.15) is 52.4 Å². The molecule has 3 amide bonds. The zero-order chi connectivity index (χ0) is 14.8. The third-order valence-electron chi connectivity index (χ3n) is 4.72. The Labute approximate surface area is 121 Å². The number of hydrogen-bond acceptors (Lipinski definition) is 3. The van der Waals surface area contributed by atoms with Gasteiger partial charge in [-0.1, -0.05) is 26.7 Å². The lowest BCUT2D eigenvalue weighted by Gasteiger charge is -2.38. The van der Waals surface area contributed by atoms with Gasteiger partial charge in [-0.05, 0) is 38.1 Å². The van der Waals surface area contributed by atoms with Crippen molar-refractivity contribution in [3.63, 3.8) is 0 Å². The summed E-state index contributed by atoms with van der Waals surface area (Å²) < 4.78 is 0. The number of hydrogen-bond donors (Lipinski definition) is 2. The second kappa shape index (κ2) is 6.12. The number of rotatable bonds is 5. The number of imide groups is 1. The van der Waals surface area contributed by atoms with Crippen molar-refractivity contribution in [3.8, 4) is 0 Å². The third-order valence-corrected chi connectivity index (χ3v) is 4.72. The largest absolute Gasteiger partial charge is 0.330 e. The fraction of sp³-hybridized carbons (Fsp3) is 0.867. The maximum atomic E-state index is 12.7. The molecule has 1 heterocycles. The second-order valence-corrected chi connectivity index (χ2v) is 6.57. The Morgan fingerprint density at radius 3 is 2.80 bits per heavy atom. The molecule has 1 saturated heterocycles. The molecule has 2 fully saturated rings. The van der Waals surface area contributed by atoms with Crippen LogP contribution in [-0.2, 0) is 4.79 Å². The van der Waals surface area contributed by atoms with Crippen LogP contribution in [0.3, 0.4) is 0 Å². The first-order valence-electron chi connectivity index (χ1n) is 7.85. The molecular formula is C15H27N3O2. The molecule has 3 N–H and O–H groups in total. The quantitative estimate of drug-likeness (QED) is 0.755. The highest BCUT2D eigenvalue weighted by Crippen LogP contribution is 2.38. The van der Waals surface area contributed by atoms with Gasteiger partial charge in [-0.3, -0.25) is 9.69 Å². The van der Waals surface area contributed by atoms with Crippen LogP contribution in [0.5, 0.6) is 0 Å². The lowest BCUT2D eigenvalue weighted by atomic mass is 9.72. The average molecular weight is 281 g/mol. The summed E-state index contributed by atoms with van der Waals surface area (Å²) in [5.41, 5.74) is 5.12. The summed E-state index contributed by atoms with van der Waals surface area (Å²) >= 11 is 0. The Kier molecular flexibility index (Phi) is 4.68. The van der Waals surface area contributed by atoms with E-state index in [0.717, 1.165) is 38.5 Å². The Bertz CT molecular complexity index is 383. The smallest absolute Gasteiger partial charge is 0.325 e. The van der Waals surface area contributed by atoms with Gasteiger partial charge in [-0.2, -0.15) is 0 Å². The molecular weight excluding hydrogens is 254 g/mol. The zero-order valence-electron chi connectivity index (χ0n) is 12.7. The average Bonchev–Trinajstić information content (AvgIpc) is 2.64. The first-order chi connectivity index (χ1) is 9.51. The summed E-state index contributed by atoms with van der Waals surface area (Å²) in [4.78, 5) is 26.3. The normalized spacial score (nSPS) is 30.4. The number of nitrogens with two attached hydrogens (primary N) is 1. The first-order valence-corrected chi connectivity index (χ1v) is 7.85. The van der Waals surface area contributed by atoms with E-state index in [1.807, 2.05) is 0 Å². The summed E-state index contributed by atoms with van der Waals surface area (Å²) in [6.45, 7) is 5.30. The van der Waals surface area contributed by atoms with E-state index in [1.165, 1.54) is 4.90 Å². The van der Waals surface area contributed by atoms with E-state index in [-0.39, 0.29) is 17.9 Å². The molecule has 2 atom stereocenters. The topological polar surface area (TPSA) is 75.4 Å². The molecule has 0 radical (unpaired) electrons. The van der Waals surface area contributed by atoms with Crippen molar-refractivity contribution in [1.29, 1.82) is 0 Å². The standard InChI is InChI=1S/C15H27N3O2/c1-11(2)6-5-9-18-13(19)15(17-14(18)20)8-4-3-7-12(15)10-16/h11-12H,3-10,16H2,1-2H3,(H,17,20). The lowest BCUT2D eigenvalue weighted by Crippen LogP contribution is -2.57. The number of nitrogens with zero attached hydrogens (tertiary/aromatic N) is 1. The molecule has 114 valence electrons. The van der Waals surface area contributed by atoms with Crippen molar-refractivity contribution in [2.45, 2.75) is 57.9 Å². The molecule has 2 rings (SSSR count). The van der Waals surface area contributed by atoms with Gasteiger partial charge >= 0.3 is 6.03 Å². The van der Waals surface area contributed by atoms with E-state index in [9.17, 15) is 9.59 Å². The number of urea groups is 1. The second-order valence-electron chi connectivity index (χ2n) is 6.57. The van der Waals surface area contributed by atoms with E-state index in [2.05, 4.69) is 19.2 Å². The van der Waals surface area contributed by atoms with Crippen LogP contribution in [-0.4, -0.2) is 35.5 Å². The van der Waals surface area contributed by atoms with Crippen molar-refractivity contribution in [3.05, 3.63) is 0 Å². The number of amides is 3. The fourth-order valence-corrected chi connectivity index (χ4v) is 3.52. The summed E-state index contributed by atoms with van der Waals surface area (Å²) in [5, 5.41) is 2.97. The van der Waals surface area contributed by atoms with Gasteiger partial charge in [0.15, 0.2) is 0 Å². The molecule has 0 aromatic heterocycles. The molecule has 20 heavy (non-hydrogen) atoms. The van der Waals surface area contributed by atoms with Crippen LogP contribution in [0.4, 0.5) is 4.79 Å². The molecule has 1 spiro atoms. The van der Waals surface area contributed by atoms with E-state index in [1.54, 1.807) is 0 Å². The highest BCUT2D eigenvalue weighted by molar-refractivity contribution is 6.07. The van der Waals surface area contributed by atoms with Gasteiger partial charge in [0.05, 0.1) is 0 Å². The van der Waals surface area contributed by atoms with Crippen molar-refractivity contribution < 1.29 is 9.59 Å². The van der Waals surface area contributed by atoms with E-state index in [4.69, 9.17) is 5.73 Å². The third kappa shape index (κ3) is 2.68. The van der Waals surface area contributed by atoms with Crippen molar-refractivity contribution in [2.75, 3.05) is 13.1 Å². The Balaban J connectivity index is 2.07. The monoisotopic (exact) mass is 281 g/mol. The number of carbonyl (C=O) groups excluding carboxylic acids is 2. The van der Waals surface area contributed by atoms with E-state index in [0.29, 0.717) is 19.0 Å². The maximum absolute atomic E-state index is 12.7. The Morgan fingerprint density at radius 2 is 2.15 bits per heavy atom. The molecule has 1 aliphatic carbocycles. The summed E-state index contributed by atoms with van der Waals surface area (Å²) in [5.74, 6) is 0.639. The molecule has 1 saturated carbocycles. The minimum Gasteiger partial charge on any atom is -0.330 e. The maximum Gasteiger partial charge on any atom is 0.325 e. The Hall–Kier alpha value is -1.10. The molecule has 0 aromatic rings. The minimum absolute atomic E-state index is 0.0404. The number of carbonyl (C=O) groups is 2. The summed E-state index contributed by atoms with van der Waals surface area (Å²) in [7, 11) is 0. The first kappa shape index (κ1) is 15.3. The summed E-state index contributed by atoms with van der Waals surface area (Å²) in [6.07, 6.45) is 5.66. The highest BCUT2D eigenvalue weighted by Gasteiger charge is 2.55. The zero-order valence-corrected chi connectivity index (χ0v) is 12.7. The van der Waals surface area contributed by atoms with Gasteiger partial charge in [0.25, 0.3) is 5.91 Å². The fourth-order valence-electron chi connectivity index (χ4n) is 3.52. The van der Waals surface area contributed by atoms with Gasteiger partial charge in [0.1, 0.15) is 5.54 Å². The minimum atomic E-state index is -0.706. The molecule has 5 nitrogen and oxygen atoms in total. The molecule has 0 bridgehead atoms. The van der Waals surface area contributed by atoms with Crippen LogP contribution < -0.4 is 11.1 Å². The molecule has 2 aliphatic rings. The van der Waals surface area contributed by atoms with Crippen molar-refractivity contribution >= 4 is 11.9 Å². The van der Waals surface area contributed by atoms with Crippen LogP contribution >= 0.6 is 0 Å². The number of nitrogens with one attached hydrogen (secondary N) is 1. The highest BCUT2D eigenvalue weighted by atomic mass is 16.2. The Morgan fingerprint density at radius 1 is 1.40 bits per heavy atom. The van der Waals surface area contributed by atoms with Crippen LogP contribution in [0.15, 0.2) is 0 Å².